The third kappa shape index (κ3) is 3.43. The van der Waals surface area contributed by atoms with Crippen molar-refractivity contribution in [1.82, 2.24) is 10.3 Å². The predicted molar refractivity (Wildman–Crippen MR) is 74.5 cm³/mol. The Morgan fingerprint density at radius 2 is 2.00 bits per heavy atom. The largest absolute Gasteiger partial charge is 0.368 e. The number of aromatic nitrogens is 1. The molecule has 0 aliphatic carbocycles. The molecule has 0 bridgehead atoms. The Balaban J connectivity index is 2.85. The lowest BCUT2D eigenvalue weighted by Crippen LogP contribution is -2.32. The summed E-state index contributed by atoms with van der Waals surface area (Å²) in [5, 5.41) is 3.20. The molecule has 0 radical (unpaired) electrons. The molecule has 0 amide bonds. The summed E-state index contributed by atoms with van der Waals surface area (Å²) >= 11 is 0. The molecule has 0 aliphatic heterocycles. The van der Waals surface area contributed by atoms with E-state index in [0.717, 1.165) is 18.7 Å². The van der Waals surface area contributed by atoms with Crippen LogP contribution in [0.1, 0.15) is 45.9 Å². The Morgan fingerprint density at radius 3 is 2.41 bits per heavy atom. The van der Waals surface area contributed by atoms with Gasteiger partial charge in [-0.15, -0.1) is 0 Å². The second kappa shape index (κ2) is 6.60. The molecule has 17 heavy (non-hydrogen) atoms. The van der Waals surface area contributed by atoms with Gasteiger partial charge in [0.2, 0.25) is 0 Å². The van der Waals surface area contributed by atoms with Crippen LogP contribution in [0.4, 0.5) is 5.69 Å². The molecule has 1 aromatic rings. The second-order valence-corrected chi connectivity index (χ2v) is 4.49. The molecule has 1 N–H and O–H groups in total. The van der Waals surface area contributed by atoms with E-state index < -0.39 is 0 Å². The summed E-state index contributed by atoms with van der Waals surface area (Å²) in [6.45, 7) is 9.81. The van der Waals surface area contributed by atoms with Gasteiger partial charge in [-0.05, 0) is 46.4 Å². The zero-order valence-corrected chi connectivity index (χ0v) is 11.7. The predicted octanol–water partition coefficient (Wildman–Crippen LogP) is 2.99. The monoisotopic (exact) mass is 235 g/mol. The van der Waals surface area contributed by atoms with Gasteiger partial charge in [0, 0.05) is 18.6 Å². The summed E-state index contributed by atoms with van der Waals surface area (Å²) in [6.07, 6.45) is 3.14. The van der Waals surface area contributed by atoms with Crippen molar-refractivity contribution in [3.63, 3.8) is 0 Å². The molecule has 2 atom stereocenters. The lowest BCUT2D eigenvalue weighted by atomic mass is 10.1. The summed E-state index contributed by atoms with van der Waals surface area (Å²) in [7, 11) is 1.96. The molecular weight excluding hydrogens is 210 g/mol. The summed E-state index contributed by atoms with van der Waals surface area (Å²) in [5.74, 6) is 0. The molecule has 0 saturated heterocycles. The van der Waals surface area contributed by atoms with Crippen LogP contribution in [0.15, 0.2) is 18.3 Å². The van der Waals surface area contributed by atoms with E-state index in [-0.39, 0.29) is 0 Å². The van der Waals surface area contributed by atoms with Crippen molar-refractivity contribution >= 4 is 5.69 Å². The zero-order chi connectivity index (χ0) is 12.8. The highest BCUT2D eigenvalue weighted by molar-refractivity contribution is 5.45. The number of rotatable bonds is 6. The van der Waals surface area contributed by atoms with Gasteiger partial charge in [-0.25, -0.2) is 0 Å². The second-order valence-electron chi connectivity index (χ2n) is 4.49. The van der Waals surface area contributed by atoms with E-state index in [4.69, 9.17) is 0 Å². The molecule has 0 aromatic carbocycles. The Kier molecular flexibility index (Phi) is 5.42. The maximum absolute atomic E-state index is 4.53. The molecule has 3 heteroatoms. The van der Waals surface area contributed by atoms with Crippen LogP contribution in [-0.2, 0) is 0 Å². The first-order valence-electron chi connectivity index (χ1n) is 6.53. The smallest absolute Gasteiger partial charge is 0.0571 e. The summed E-state index contributed by atoms with van der Waals surface area (Å²) in [5.41, 5.74) is 2.31. The molecule has 0 saturated carbocycles. The molecule has 1 rings (SSSR count). The fourth-order valence-corrected chi connectivity index (χ4v) is 1.94. The lowest BCUT2D eigenvalue weighted by molar-refractivity contribution is 0.620. The van der Waals surface area contributed by atoms with Crippen LogP contribution in [0.2, 0.25) is 0 Å². The van der Waals surface area contributed by atoms with Crippen molar-refractivity contribution in [2.45, 2.75) is 46.2 Å². The quantitative estimate of drug-likeness (QED) is 0.821. The number of hydrogen-bond acceptors (Lipinski definition) is 3. The Morgan fingerprint density at radius 1 is 1.29 bits per heavy atom. The van der Waals surface area contributed by atoms with Crippen molar-refractivity contribution < 1.29 is 0 Å². The van der Waals surface area contributed by atoms with Crippen molar-refractivity contribution in [2.24, 2.45) is 0 Å². The molecule has 2 unspecified atom stereocenters. The van der Waals surface area contributed by atoms with Crippen LogP contribution in [0.3, 0.4) is 0 Å². The van der Waals surface area contributed by atoms with Crippen molar-refractivity contribution in [3.8, 4) is 0 Å². The summed E-state index contributed by atoms with van der Waals surface area (Å²) in [4.78, 5) is 6.92. The molecule has 3 nitrogen and oxygen atoms in total. The summed E-state index contributed by atoms with van der Waals surface area (Å²) < 4.78 is 0. The molecular formula is C14H25N3. The number of nitrogens with zero attached hydrogens (tertiary/aromatic N) is 2. The van der Waals surface area contributed by atoms with E-state index >= 15 is 0 Å². The van der Waals surface area contributed by atoms with Crippen LogP contribution in [-0.4, -0.2) is 24.6 Å². The van der Waals surface area contributed by atoms with Gasteiger partial charge >= 0.3 is 0 Å². The van der Waals surface area contributed by atoms with Crippen LogP contribution < -0.4 is 10.2 Å². The van der Waals surface area contributed by atoms with Gasteiger partial charge in [0.05, 0.1) is 17.6 Å². The molecule has 0 aliphatic rings. The first-order chi connectivity index (χ1) is 8.13. The third-order valence-corrected chi connectivity index (χ3v) is 3.44. The van der Waals surface area contributed by atoms with Gasteiger partial charge in [-0.3, -0.25) is 4.98 Å². The first kappa shape index (κ1) is 14.0. The van der Waals surface area contributed by atoms with Crippen molar-refractivity contribution in [2.75, 3.05) is 18.5 Å². The fourth-order valence-electron chi connectivity index (χ4n) is 1.94. The topological polar surface area (TPSA) is 28.2 Å². The molecule has 96 valence electrons. The highest BCUT2D eigenvalue weighted by Gasteiger charge is 2.12. The highest BCUT2D eigenvalue weighted by atomic mass is 15.2. The van der Waals surface area contributed by atoms with Gasteiger partial charge < -0.3 is 10.2 Å². The minimum Gasteiger partial charge on any atom is -0.368 e. The summed E-state index contributed by atoms with van der Waals surface area (Å²) in [6, 6.07) is 5.16. The average molecular weight is 235 g/mol. The van der Waals surface area contributed by atoms with Crippen LogP contribution in [0.5, 0.6) is 0 Å². The van der Waals surface area contributed by atoms with Crippen molar-refractivity contribution in [1.29, 1.82) is 0 Å². The standard InChI is InChI=1S/C14H25N3/c1-6-11(3)17(7-2)13-8-9-14(16-10-13)12(4)15-5/h8-12,15H,6-7H2,1-5H3. The Bertz CT molecular complexity index is 321. The molecule has 1 heterocycles. The molecule has 0 spiro atoms. The Hall–Kier alpha value is -1.09. The van der Waals surface area contributed by atoms with E-state index in [1.54, 1.807) is 0 Å². The van der Waals surface area contributed by atoms with Gasteiger partial charge in [-0.1, -0.05) is 6.92 Å². The number of nitrogens with one attached hydrogen (secondary N) is 1. The van der Waals surface area contributed by atoms with Gasteiger partial charge in [0.1, 0.15) is 0 Å². The van der Waals surface area contributed by atoms with E-state index in [2.05, 4.69) is 55.0 Å². The van der Waals surface area contributed by atoms with E-state index in [9.17, 15) is 0 Å². The molecule has 1 aromatic heterocycles. The highest BCUT2D eigenvalue weighted by Crippen LogP contribution is 2.19. The van der Waals surface area contributed by atoms with Crippen LogP contribution in [0, 0.1) is 0 Å². The van der Waals surface area contributed by atoms with E-state index in [0.29, 0.717) is 12.1 Å². The SMILES string of the molecule is CCC(C)N(CC)c1ccc(C(C)NC)nc1. The van der Waals surface area contributed by atoms with Crippen molar-refractivity contribution in [3.05, 3.63) is 24.0 Å². The zero-order valence-electron chi connectivity index (χ0n) is 11.7. The third-order valence-electron chi connectivity index (χ3n) is 3.44. The fraction of sp³-hybridized carbons (Fsp3) is 0.643. The number of hydrogen-bond donors (Lipinski definition) is 1. The lowest BCUT2D eigenvalue weighted by Gasteiger charge is -2.29. The maximum Gasteiger partial charge on any atom is 0.0571 e. The van der Waals surface area contributed by atoms with Gasteiger partial charge in [0.15, 0.2) is 0 Å². The molecule has 0 fully saturated rings. The minimum absolute atomic E-state index is 0.308. The first-order valence-corrected chi connectivity index (χ1v) is 6.53. The Labute approximate surface area is 105 Å². The van der Waals surface area contributed by atoms with E-state index in [1.807, 2.05) is 13.2 Å². The van der Waals surface area contributed by atoms with E-state index in [1.165, 1.54) is 5.69 Å². The van der Waals surface area contributed by atoms with Crippen LogP contribution >= 0.6 is 0 Å². The van der Waals surface area contributed by atoms with Gasteiger partial charge in [-0.2, -0.15) is 0 Å². The maximum atomic E-state index is 4.53. The normalized spacial score (nSPS) is 14.4. The van der Waals surface area contributed by atoms with Gasteiger partial charge in [0.25, 0.3) is 0 Å². The number of anilines is 1. The average Bonchev–Trinajstić information content (AvgIpc) is 2.39. The van der Waals surface area contributed by atoms with Crippen LogP contribution in [0.25, 0.3) is 0 Å². The number of pyridine rings is 1. The minimum atomic E-state index is 0.308.